The van der Waals surface area contributed by atoms with Gasteiger partial charge in [-0.25, -0.2) is 13.6 Å². The van der Waals surface area contributed by atoms with Crippen LogP contribution < -0.4 is 16.0 Å². The van der Waals surface area contributed by atoms with Crippen molar-refractivity contribution in [3.05, 3.63) is 60.2 Å². The lowest BCUT2D eigenvalue weighted by atomic mass is 9.98. The molecular formula is C21H21F2N5O2S. The van der Waals surface area contributed by atoms with Gasteiger partial charge in [-0.1, -0.05) is 43.7 Å². The molecule has 1 aromatic heterocycles. The van der Waals surface area contributed by atoms with Gasteiger partial charge in [0.15, 0.2) is 0 Å². The van der Waals surface area contributed by atoms with E-state index in [1.807, 2.05) is 13.8 Å². The molecule has 3 N–H and O–H groups in total. The molecule has 3 rings (SSSR count). The molecule has 0 aliphatic carbocycles. The van der Waals surface area contributed by atoms with E-state index < -0.39 is 23.8 Å². The number of para-hydroxylation sites is 1. The van der Waals surface area contributed by atoms with Crippen LogP contribution in [0.2, 0.25) is 0 Å². The molecule has 3 amide bonds. The predicted molar refractivity (Wildman–Crippen MR) is 116 cm³/mol. The molecule has 10 heteroatoms. The molecule has 0 saturated carbocycles. The van der Waals surface area contributed by atoms with Crippen molar-refractivity contribution in [1.29, 1.82) is 0 Å². The monoisotopic (exact) mass is 445 g/mol. The number of hydrogen-bond donors (Lipinski definition) is 3. The summed E-state index contributed by atoms with van der Waals surface area (Å²) < 4.78 is 26.9. The van der Waals surface area contributed by atoms with E-state index in [1.54, 1.807) is 18.2 Å². The molecule has 2 aromatic carbocycles. The SMILES string of the molecule is CCC(C)C(NC(=O)Nc1ccccc1F)C(=O)Nc1nnc(-c2ccc(F)cc2)s1. The minimum absolute atomic E-state index is 0.0105. The third-order valence-electron chi connectivity index (χ3n) is 4.65. The van der Waals surface area contributed by atoms with Crippen LogP contribution in [0.25, 0.3) is 10.6 Å². The standard InChI is InChI=1S/C21H21F2N5O2S/c1-3-12(2)17(25-20(30)24-16-7-5-4-6-15(16)23)18(29)26-21-28-27-19(31-21)13-8-10-14(22)11-9-13/h4-12,17H,3H2,1-2H3,(H2,24,25,30)(H,26,28,29). The van der Waals surface area contributed by atoms with E-state index in [0.717, 1.165) is 11.3 Å². The van der Waals surface area contributed by atoms with Crippen molar-refractivity contribution < 1.29 is 18.4 Å². The van der Waals surface area contributed by atoms with Crippen molar-refractivity contribution in [3.8, 4) is 10.6 Å². The Kier molecular flexibility index (Phi) is 7.24. The summed E-state index contributed by atoms with van der Waals surface area (Å²) in [5.74, 6) is -1.61. The number of nitrogens with one attached hydrogen (secondary N) is 3. The van der Waals surface area contributed by atoms with Gasteiger partial charge < -0.3 is 10.6 Å². The third kappa shape index (κ3) is 5.82. The van der Waals surface area contributed by atoms with Gasteiger partial charge in [0.05, 0.1) is 5.69 Å². The second-order valence-electron chi connectivity index (χ2n) is 6.85. The zero-order valence-electron chi connectivity index (χ0n) is 16.9. The molecule has 162 valence electrons. The van der Waals surface area contributed by atoms with Crippen molar-refractivity contribution in [1.82, 2.24) is 15.5 Å². The fourth-order valence-corrected chi connectivity index (χ4v) is 3.48. The lowest BCUT2D eigenvalue weighted by Gasteiger charge is -2.23. The summed E-state index contributed by atoms with van der Waals surface area (Å²) >= 11 is 1.13. The molecule has 7 nitrogen and oxygen atoms in total. The summed E-state index contributed by atoms with van der Waals surface area (Å²) in [6.45, 7) is 3.71. The average Bonchev–Trinajstić information content (AvgIpc) is 3.22. The molecule has 1 heterocycles. The van der Waals surface area contributed by atoms with Crippen LogP contribution in [0.3, 0.4) is 0 Å². The van der Waals surface area contributed by atoms with Crippen LogP contribution in [0, 0.1) is 17.6 Å². The number of halogens is 2. The molecule has 0 radical (unpaired) electrons. The zero-order chi connectivity index (χ0) is 22.4. The fourth-order valence-electron chi connectivity index (χ4n) is 2.73. The maximum absolute atomic E-state index is 13.8. The number of amides is 3. The Balaban J connectivity index is 1.68. The maximum Gasteiger partial charge on any atom is 0.319 e. The zero-order valence-corrected chi connectivity index (χ0v) is 17.7. The van der Waals surface area contributed by atoms with E-state index in [1.165, 1.54) is 30.3 Å². The van der Waals surface area contributed by atoms with Crippen LogP contribution in [0.5, 0.6) is 0 Å². The van der Waals surface area contributed by atoms with Crippen LogP contribution in [0.4, 0.5) is 24.4 Å². The molecule has 0 aliphatic heterocycles. The van der Waals surface area contributed by atoms with Crippen LogP contribution in [0.1, 0.15) is 20.3 Å². The normalized spacial score (nSPS) is 12.6. The van der Waals surface area contributed by atoms with Gasteiger partial charge in [0.2, 0.25) is 11.0 Å². The first-order valence-electron chi connectivity index (χ1n) is 9.59. The van der Waals surface area contributed by atoms with E-state index >= 15 is 0 Å². The molecule has 0 saturated heterocycles. The highest BCUT2D eigenvalue weighted by molar-refractivity contribution is 7.18. The molecule has 2 atom stereocenters. The van der Waals surface area contributed by atoms with Gasteiger partial charge in [-0.3, -0.25) is 10.1 Å². The lowest BCUT2D eigenvalue weighted by molar-refractivity contribution is -0.119. The third-order valence-corrected chi connectivity index (χ3v) is 5.54. The first-order valence-corrected chi connectivity index (χ1v) is 10.4. The van der Waals surface area contributed by atoms with Crippen molar-refractivity contribution >= 4 is 34.1 Å². The Hall–Kier alpha value is -3.40. The highest BCUT2D eigenvalue weighted by Crippen LogP contribution is 2.26. The summed E-state index contributed by atoms with van der Waals surface area (Å²) in [7, 11) is 0. The van der Waals surface area contributed by atoms with Gasteiger partial charge in [0.25, 0.3) is 0 Å². The van der Waals surface area contributed by atoms with Crippen LogP contribution in [-0.2, 0) is 4.79 Å². The van der Waals surface area contributed by atoms with Gasteiger partial charge in [0, 0.05) is 5.56 Å². The van der Waals surface area contributed by atoms with Gasteiger partial charge >= 0.3 is 6.03 Å². The summed E-state index contributed by atoms with van der Waals surface area (Å²) in [6.07, 6.45) is 0.620. The number of anilines is 2. The van der Waals surface area contributed by atoms with Crippen molar-refractivity contribution in [2.75, 3.05) is 10.6 Å². The number of carbonyl (C=O) groups is 2. The molecule has 3 aromatic rings. The summed E-state index contributed by atoms with van der Waals surface area (Å²) in [4.78, 5) is 25.2. The van der Waals surface area contributed by atoms with E-state index in [0.29, 0.717) is 17.0 Å². The number of benzene rings is 2. The largest absolute Gasteiger partial charge is 0.326 e. The number of aromatic nitrogens is 2. The van der Waals surface area contributed by atoms with Crippen molar-refractivity contribution in [3.63, 3.8) is 0 Å². The number of rotatable bonds is 7. The van der Waals surface area contributed by atoms with E-state index in [-0.39, 0.29) is 22.6 Å². The quantitative estimate of drug-likeness (QED) is 0.493. The van der Waals surface area contributed by atoms with Gasteiger partial charge in [-0.15, -0.1) is 10.2 Å². The van der Waals surface area contributed by atoms with Crippen molar-refractivity contribution in [2.24, 2.45) is 5.92 Å². The summed E-state index contributed by atoms with van der Waals surface area (Å²) in [5, 5.41) is 16.4. The summed E-state index contributed by atoms with van der Waals surface area (Å²) in [5.41, 5.74) is 0.677. The number of urea groups is 1. The highest BCUT2D eigenvalue weighted by Gasteiger charge is 2.27. The number of carbonyl (C=O) groups excluding carboxylic acids is 2. The van der Waals surface area contributed by atoms with Crippen LogP contribution in [-0.4, -0.2) is 28.2 Å². The van der Waals surface area contributed by atoms with Gasteiger partial charge in [0.1, 0.15) is 22.7 Å². The number of nitrogens with zero attached hydrogens (tertiary/aromatic N) is 2. The predicted octanol–water partition coefficient (Wildman–Crippen LogP) is 4.66. The van der Waals surface area contributed by atoms with E-state index in [4.69, 9.17) is 0 Å². The first kappa shape index (κ1) is 22.3. The molecule has 31 heavy (non-hydrogen) atoms. The average molecular weight is 445 g/mol. The van der Waals surface area contributed by atoms with E-state index in [9.17, 15) is 18.4 Å². The van der Waals surface area contributed by atoms with Crippen LogP contribution in [0.15, 0.2) is 48.5 Å². The number of hydrogen-bond acceptors (Lipinski definition) is 5. The second-order valence-corrected chi connectivity index (χ2v) is 7.83. The van der Waals surface area contributed by atoms with Gasteiger partial charge in [-0.2, -0.15) is 0 Å². The maximum atomic E-state index is 13.8. The Morgan fingerprint density at radius 3 is 2.42 bits per heavy atom. The van der Waals surface area contributed by atoms with Crippen LogP contribution >= 0.6 is 11.3 Å². The minimum Gasteiger partial charge on any atom is -0.326 e. The summed E-state index contributed by atoms with van der Waals surface area (Å²) in [6, 6.07) is 9.93. The molecule has 0 spiro atoms. The fraction of sp³-hybridized carbons (Fsp3) is 0.238. The Labute approximate surface area is 181 Å². The molecule has 0 fully saturated rings. The smallest absolute Gasteiger partial charge is 0.319 e. The topological polar surface area (TPSA) is 96.0 Å². The molecule has 0 bridgehead atoms. The molecule has 0 aliphatic rings. The highest BCUT2D eigenvalue weighted by atomic mass is 32.1. The Bertz CT molecular complexity index is 1060. The Morgan fingerprint density at radius 1 is 1.03 bits per heavy atom. The van der Waals surface area contributed by atoms with E-state index in [2.05, 4.69) is 26.1 Å². The van der Waals surface area contributed by atoms with Gasteiger partial charge in [-0.05, 0) is 42.3 Å². The van der Waals surface area contributed by atoms with Crippen molar-refractivity contribution in [2.45, 2.75) is 26.3 Å². The first-order chi connectivity index (χ1) is 14.9. The molecule has 2 unspecified atom stereocenters. The minimum atomic E-state index is -0.880. The lowest BCUT2D eigenvalue weighted by Crippen LogP contribution is -2.49. The molecular weight excluding hydrogens is 424 g/mol. The second kappa shape index (κ2) is 10.1. The Morgan fingerprint density at radius 2 is 1.74 bits per heavy atom.